The zero-order valence-electron chi connectivity index (χ0n) is 10.6. The van der Waals surface area contributed by atoms with Crippen LogP contribution < -0.4 is 10.6 Å². The van der Waals surface area contributed by atoms with Crippen LogP contribution in [0.25, 0.3) is 0 Å². The SMILES string of the molecule is CN(Cc1ccc(F)cc1)c1ccc(N)c(C#N)c1. The molecule has 0 spiro atoms. The van der Waals surface area contributed by atoms with Crippen LogP contribution in [-0.2, 0) is 6.54 Å². The van der Waals surface area contributed by atoms with Crippen LogP contribution in [0.5, 0.6) is 0 Å². The molecule has 96 valence electrons. The van der Waals surface area contributed by atoms with Crippen LogP contribution in [0.3, 0.4) is 0 Å². The standard InChI is InChI=1S/C15H14FN3/c1-19(10-11-2-4-13(16)5-3-11)14-6-7-15(18)12(8-14)9-17/h2-8H,10,18H2,1H3. The van der Waals surface area contributed by atoms with Crippen LogP contribution in [0.4, 0.5) is 15.8 Å². The molecule has 0 bridgehead atoms. The number of nitrogens with zero attached hydrogens (tertiary/aromatic N) is 2. The third-order valence-electron chi connectivity index (χ3n) is 2.93. The van der Waals surface area contributed by atoms with E-state index < -0.39 is 0 Å². The smallest absolute Gasteiger partial charge is 0.123 e. The summed E-state index contributed by atoms with van der Waals surface area (Å²) in [6.07, 6.45) is 0. The molecule has 0 unspecified atom stereocenters. The van der Waals surface area contributed by atoms with Crippen LogP contribution in [0.15, 0.2) is 42.5 Å². The maximum Gasteiger partial charge on any atom is 0.123 e. The van der Waals surface area contributed by atoms with E-state index in [1.54, 1.807) is 24.3 Å². The number of nitrogens with two attached hydrogens (primary N) is 1. The van der Waals surface area contributed by atoms with E-state index in [4.69, 9.17) is 11.0 Å². The second kappa shape index (κ2) is 5.40. The molecule has 2 aromatic carbocycles. The van der Waals surface area contributed by atoms with Crippen molar-refractivity contribution in [3.05, 3.63) is 59.4 Å². The Balaban J connectivity index is 2.18. The minimum absolute atomic E-state index is 0.245. The van der Waals surface area contributed by atoms with Gasteiger partial charge in [0.05, 0.1) is 5.56 Å². The second-order valence-corrected chi connectivity index (χ2v) is 4.37. The Morgan fingerprint density at radius 3 is 2.53 bits per heavy atom. The Kier molecular flexibility index (Phi) is 3.67. The maximum atomic E-state index is 12.8. The molecule has 2 N–H and O–H groups in total. The number of anilines is 2. The maximum absolute atomic E-state index is 12.8. The van der Waals surface area contributed by atoms with Crippen molar-refractivity contribution in [2.24, 2.45) is 0 Å². The van der Waals surface area contributed by atoms with Gasteiger partial charge >= 0.3 is 0 Å². The topological polar surface area (TPSA) is 53.0 Å². The molecule has 0 amide bonds. The average Bonchev–Trinajstić information content (AvgIpc) is 2.42. The van der Waals surface area contributed by atoms with E-state index >= 15 is 0 Å². The molecule has 19 heavy (non-hydrogen) atoms. The molecule has 0 fully saturated rings. The Morgan fingerprint density at radius 1 is 1.21 bits per heavy atom. The van der Waals surface area contributed by atoms with Gasteiger partial charge in [-0.05, 0) is 35.9 Å². The quantitative estimate of drug-likeness (QED) is 0.858. The van der Waals surface area contributed by atoms with Crippen molar-refractivity contribution in [3.63, 3.8) is 0 Å². The van der Waals surface area contributed by atoms with Crippen molar-refractivity contribution < 1.29 is 4.39 Å². The molecule has 3 nitrogen and oxygen atoms in total. The molecule has 0 aromatic heterocycles. The van der Waals surface area contributed by atoms with Gasteiger partial charge in [-0.1, -0.05) is 12.1 Å². The monoisotopic (exact) mass is 255 g/mol. The van der Waals surface area contributed by atoms with Gasteiger partial charge in [-0.3, -0.25) is 0 Å². The van der Waals surface area contributed by atoms with Crippen molar-refractivity contribution in [1.82, 2.24) is 0 Å². The highest BCUT2D eigenvalue weighted by Crippen LogP contribution is 2.21. The summed E-state index contributed by atoms with van der Waals surface area (Å²) in [5.74, 6) is -0.245. The summed E-state index contributed by atoms with van der Waals surface area (Å²) >= 11 is 0. The molecule has 0 heterocycles. The van der Waals surface area contributed by atoms with Crippen LogP contribution in [0, 0.1) is 17.1 Å². The van der Waals surface area contributed by atoms with Gasteiger partial charge in [0.2, 0.25) is 0 Å². The minimum atomic E-state index is -0.245. The zero-order chi connectivity index (χ0) is 13.8. The van der Waals surface area contributed by atoms with Gasteiger partial charge in [0.15, 0.2) is 0 Å². The number of halogens is 1. The summed E-state index contributed by atoms with van der Waals surface area (Å²) in [7, 11) is 1.91. The summed E-state index contributed by atoms with van der Waals surface area (Å²) in [6.45, 7) is 0.634. The van der Waals surface area contributed by atoms with E-state index in [9.17, 15) is 4.39 Å². The lowest BCUT2D eigenvalue weighted by atomic mass is 10.1. The molecular weight excluding hydrogens is 241 g/mol. The summed E-state index contributed by atoms with van der Waals surface area (Å²) in [4.78, 5) is 1.98. The fourth-order valence-electron chi connectivity index (χ4n) is 1.83. The highest BCUT2D eigenvalue weighted by molar-refractivity contribution is 5.62. The van der Waals surface area contributed by atoms with Crippen molar-refractivity contribution in [1.29, 1.82) is 5.26 Å². The molecule has 0 aliphatic rings. The fraction of sp³-hybridized carbons (Fsp3) is 0.133. The number of nitriles is 1. The summed E-state index contributed by atoms with van der Waals surface area (Å²) in [6, 6.07) is 13.8. The van der Waals surface area contributed by atoms with Crippen molar-refractivity contribution in [2.75, 3.05) is 17.7 Å². The van der Waals surface area contributed by atoms with E-state index in [0.717, 1.165) is 11.3 Å². The van der Waals surface area contributed by atoms with Crippen LogP contribution in [0.2, 0.25) is 0 Å². The first kappa shape index (κ1) is 12.9. The number of rotatable bonds is 3. The first-order chi connectivity index (χ1) is 9.10. The average molecular weight is 255 g/mol. The molecule has 0 saturated carbocycles. The van der Waals surface area contributed by atoms with E-state index in [1.807, 2.05) is 18.0 Å². The van der Waals surface area contributed by atoms with Gasteiger partial charge in [-0.25, -0.2) is 4.39 Å². The normalized spacial score (nSPS) is 9.95. The van der Waals surface area contributed by atoms with E-state index in [0.29, 0.717) is 17.8 Å². The first-order valence-electron chi connectivity index (χ1n) is 5.85. The Morgan fingerprint density at radius 2 is 1.89 bits per heavy atom. The summed E-state index contributed by atoms with van der Waals surface area (Å²) in [5, 5.41) is 8.95. The fourth-order valence-corrected chi connectivity index (χ4v) is 1.83. The molecule has 4 heteroatoms. The lowest BCUT2D eigenvalue weighted by molar-refractivity contribution is 0.627. The van der Waals surface area contributed by atoms with Crippen LogP contribution in [-0.4, -0.2) is 7.05 Å². The molecule has 0 atom stereocenters. The van der Waals surface area contributed by atoms with Crippen LogP contribution >= 0.6 is 0 Å². The van der Waals surface area contributed by atoms with Gasteiger partial charge in [0, 0.05) is 25.0 Å². The minimum Gasteiger partial charge on any atom is -0.398 e. The highest BCUT2D eigenvalue weighted by atomic mass is 19.1. The Hall–Kier alpha value is -2.54. The van der Waals surface area contributed by atoms with Gasteiger partial charge in [0.25, 0.3) is 0 Å². The number of hydrogen-bond acceptors (Lipinski definition) is 3. The van der Waals surface area contributed by atoms with Gasteiger partial charge in [0.1, 0.15) is 11.9 Å². The van der Waals surface area contributed by atoms with Gasteiger partial charge in [-0.15, -0.1) is 0 Å². The third-order valence-corrected chi connectivity index (χ3v) is 2.93. The van der Waals surface area contributed by atoms with Crippen molar-refractivity contribution >= 4 is 11.4 Å². The Bertz CT molecular complexity index is 614. The summed E-state index contributed by atoms with van der Waals surface area (Å²) < 4.78 is 12.8. The van der Waals surface area contributed by atoms with Gasteiger partial charge < -0.3 is 10.6 Å². The highest BCUT2D eigenvalue weighted by Gasteiger charge is 2.05. The molecular formula is C15H14FN3. The van der Waals surface area contributed by atoms with E-state index in [2.05, 4.69) is 6.07 Å². The first-order valence-corrected chi connectivity index (χ1v) is 5.85. The number of hydrogen-bond donors (Lipinski definition) is 1. The zero-order valence-corrected chi connectivity index (χ0v) is 10.6. The molecule has 2 rings (SSSR count). The third kappa shape index (κ3) is 3.02. The molecule has 0 aliphatic heterocycles. The predicted molar refractivity (Wildman–Crippen MR) is 74.1 cm³/mol. The Labute approximate surface area is 111 Å². The molecule has 0 radical (unpaired) electrons. The van der Waals surface area contributed by atoms with E-state index in [1.165, 1.54) is 12.1 Å². The molecule has 0 saturated heterocycles. The molecule has 0 aliphatic carbocycles. The predicted octanol–water partition coefficient (Wildman–Crippen LogP) is 2.92. The lowest BCUT2D eigenvalue weighted by Gasteiger charge is -2.20. The van der Waals surface area contributed by atoms with Crippen LogP contribution in [0.1, 0.15) is 11.1 Å². The lowest BCUT2D eigenvalue weighted by Crippen LogP contribution is -2.16. The number of nitrogen functional groups attached to an aromatic ring is 1. The molecule has 2 aromatic rings. The van der Waals surface area contributed by atoms with Crippen molar-refractivity contribution in [2.45, 2.75) is 6.54 Å². The van der Waals surface area contributed by atoms with Gasteiger partial charge in [-0.2, -0.15) is 5.26 Å². The second-order valence-electron chi connectivity index (χ2n) is 4.37. The van der Waals surface area contributed by atoms with Crippen molar-refractivity contribution in [3.8, 4) is 6.07 Å². The largest absolute Gasteiger partial charge is 0.398 e. The summed E-state index contributed by atoms with van der Waals surface area (Å²) in [5.41, 5.74) is 8.52. The number of benzene rings is 2. The van der Waals surface area contributed by atoms with E-state index in [-0.39, 0.29) is 5.82 Å².